The second-order valence-electron chi connectivity index (χ2n) is 8.04. The quantitative estimate of drug-likeness (QED) is 0.625. The Labute approximate surface area is 176 Å². The topological polar surface area (TPSA) is 68.3 Å². The van der Waals surface area contributed by atoms with E-state index in [9.17, 15) is 9.59 Å². The number of hydrogen-bond donors (Lipinski definition) is 1. The van der Waals surface area contributed by atoms with E-state index < -0.39 is 5.97 Å². The standard InChI is InChI=1S/C25H26N2O3/c1-17-11-13-19(14-12-17)26-24(28)16-30-25(29)21-15-23(18-7-3-2-4-8-18)27-22-10-6-5-9-20(21)22/h2-10,15,17,19H,11-14,16H2,1H3,(H,26,28). The number of amides is 1. The van der Waals surface area contributed by atoms with Crippen molar-refractivity contribution in [1.29, 1.82) is 0 Å². The molecule has 1 saturated carbocycles. The van der Waals surface area contributed by atoms with Crippen LogP contribution in [0.25, 0.3) is 22.2 Å². The summed E-state index contributed by atoms with van der Waals surface area (Å²) in [6.07, 6.45) is 4.21. The van der Waals surface area contributed by atoms with Crippen molar-refractivity contribution < 1.29 is 14.3 Å². The highest BCUT2D eigenvalue weighted by Crippen LogP contribution is 2.26. The van der Waals surface area contributed by atoms with Crippen LogP contribution < -0.4 is 5.32 Å². The van der Waals surface area contributed by atoms with Gasteiger partial charge in [0.2, 0.25) is 0 Å². The molecule has 0 bridgehead atoms. The number of pyridine rings is 1. The lowest BCUT2D eigenvalue weighted by molar-refractivity contribution is -0.125. The fraction of sp³-hybridized carbons (Fsp3) is 0.320. The van der Waals surface area contributed by atoms with Crippen molar-refractivity contribution in [3.8, 4) is 11.3 Å². The molecule has 5 heteroatoms. The Hall–Kier alpha value is -3.21. The number of nitrogens with one attached hydrogen (secondary N) is 1. The van der Waals surface area contributed by atoms with Crippen molar-refractivity contribution >= 4 is 22.8 Å². The minimum Gasteiger partial charge on any atom is -0.452 e. The Kier molecular flexibility index (Phi) is 6.07. The predicted molar refractivity (Wildman–Crippen MR) is 117 cm³/mol. The molecule has 0 atom stereocenters. The third-order valence-corrected chi connectivity index (χ3v) is 5.72. The lowest BCUT2D eigenvalue weighted by Gasteiger charge is -2.26. The first kappa shape index (κ1) is 20.1. The highest BCUT2D eigenvalue weighted by atomic mass is 16.5. The van der Waals surface area contributed by atoms with E-state index in [1.165, 1.54) is 0 Å². The number of benzene rings is 2. The third-order valence-electron chi connectivity index (χ3n) is 5.72. The molecule has 0 spiro atoms. The third kappa shape index (κ3) is 4.67. The lowest BCUT2D eigenvalue weighted by atomic mass is 9.87. The smallest absolute Gasteiger partial charge is 0.339 e. The molecule has 1 aromatic heterocycles. The van der Waals surface area contributed by atoms with Gasteiger partial charge in [-0.3, -0.25) is 4.79 Å². The molecule has 154 valence electrons. The first-order valence-electron chi connectivity index (χ1n) is 10.5. The average Bonchev–Trinajstić information content (AvgIpc) is 2.79. The summed E-state index contributed by atoms with van der Waals surface area (Å²) < 4.78 is 5.37. The van der Waals surface area contributed by atoms with E-state index in [1.54, 1.807) is 6.07 Å². The molecule has 0 unspecified atom stereocenters. The maximum Gasteiger partial charge on any atom is 0.339 e. The molecule has 0 radical (unpaired) electrons. The Bertz CT molecular complexity index is 1040. The molecule has 1 amide bonds. The second-order valence-corrected chi connectivity index (χ2v) is 8.04. The largest absolute Gasteiger partial charge is 0.452 e. The molecule has 1 N–H and O–H groups in total. The molecule has 3 aromatic rings. The van der Waals surface area contributed by atoms with Crippen molar-refractivity contribution in [2.24, 2.45) is 5.92 Å². The maximum absolute atomic E-state index is 12.9. The van der Waals surface area contributed by atoms with Crippen LogP contribution in [0.1, 0.15) is 43.0 Å². The average molecular weight is 402 g/mol. The Balaban J connectivity index is 1.49. The van der Waals surface area contributed by atoms with Crippen LogP contribution in [0.4, 0.5) is 0 Å². The van der Waals surface area contributed by atoms with Crippen molar-refractivity contribution in [3.05, 3.63) is 66.2 Å². The van der Waals surface area contributed by atoms with Gasteiger partial charge in [0.25, 0.3) is 5.91 Å². The summed E-state index contributed by atoms with van der Waals surface area (Å²) in [4.78, 5) is 29.8. The summed E-state index contributed by atoms with van der Waals surface area (Å²) in [5.41, 5.74) is 2.74. The first-order valence-corrected chi connectivity index (χ1v) is 10.5. The van der Waals surface area contributed by atoms with Crippen molar-refractivity contribution in [2.45, 2.75) is 38.6 Å². The van der Waals surface area contributed by atoms with Gasteiger partial charge in [-0.15, -0.1) is 0 Å². The summed E-state index contributed by atoms with van der Waals surface area (Å²) in [7, 11) is 0. The molecule has 1 aliphatic carbocycles. The molecular weight excluding hydrogens is 376 g/mol. The molecule has 0 aliphatic heterocycles. The number of hydrogen-bond acceptors (Lipinski definition) is 4. The Morgan fingerprint density at radius 3 is 2.47 bits per heavy atom. The van der Waals surface area contributed by atoms with Gasteiger partial charge in [0.15, 0.2) is 6.61 Å². The SMILES string of the molecule is CC1CCC(NC(=O)COC(=O)c2cc(-c3ccccc3)nc3ccccc23)CC1. The molecular formula is C25H26N2O3. The van der Waals surface area contributed by atoms with Crippen LogP contribution >= 0.6 is 0 Å². The summed E-state index contributed by atoms with van der Waals surface area (Å²) >= 11 is 0. The number of para-hydroxylation sites is 1. The van der Waals surface area contributed by atoms with Gasteiger partial charge in [-0.2, -0.15) is 0 Å². The number of ether oxygens (including phenoxy) is 1. The zero-order valence-corrected chi connectivity index (χ0v) is 17.1. The Morgan fingerprint density at radius 1 is 1.00 bits per heavy atom. The van der Waals surface area contributed by atoms with E-state index in [1.807, 2.05) is 54.6 Å². The van der Waals surface area contributed by atoms with Crippen LogP contribution in [-0.4, -0.2) is 29.5 Å². The van der Waals surface area contributed by atoms with Gasteiger partial charge in [0.05, 0.1) is 16.8 Å². The van der Waals surface area contributed by atoms with Gasteiger partial charge < -0.3 is 10.1 Å². The highest BCUT2D eigenvalue weighted by molar-refractivity contribution is 6.05. The van der Waals surface area contributed by atoms with Crippen molar-refractivity contribution in [1.82, 2.24) is 10.3 Å². The zero-order valence-electron chi connectivity index (χ0n) is 17.1. The van der Waals surface area contributed by atoms with Gasteiger partial charge in [0, 0.05) is 17.0 Å². The van der Waals surface area contributed by atoms with Gasteiger partial charge >= 0.3 is 5.97 Å². The number of esters is 1. The van der Waals surface area contributed by atoms with Gasteiger partial charge in [0.1, 0.15) is 0 Å². The molecule has 5 nitrogen and oxygen atoms in total. The van der Waals surface area contributed by atoms with E-state index in [2.05, 4.69) is 17.2 Å². The number of carbonyl (C=O) groups is 2. The molecule has 4 rings (SSSR count). The van der Waals surface area contributed by atoms with Crippen molar-refractivity contribution in [2.75, 3.05) is 6.61 Å². The van der Waals surface area contributed by atoms with Crippen LogP contribution in [0.15, 0.2) is 60.7 Å². The summed E-state index contributed by atoms with van der Waals surface area (Å²) in [5, 5.41) is 3.70. The fourth-order valence-electron chi connectivity index (χ4n) is 3.98. The van der Waals surface area contributed by atoms with Gasteiger partial charge in [-0.25, -0.2) is 9.78 Å². The normalized spacial score (nSPS) is 18.7. The maximum atomic E-state index is 12.9. The zero-order chi connectivity index (χ0) is 20.9. The van der Waals surface area contributed by atoms with Crippen LogP contribution in [0.5, 0.6) is 0 Å². The number of aromatic nitrogens is 1. The van der Waals surface area contributed by atoms with Crippen LogP contribution in [0.3, 0.4) is 0 Å². The Morgan fingerprint density at radius 2 is 1.70 bits per heavy atom. The van der Waals surface area contributed by atoms with Gasteiger partial charge in [-0.05, 0) is 43.7 Å². The number of rotatable bonds is 5. The first-order chi connectivity index (χ1) is 14.6. The van der Waals surface area contributed by atoms with Crippen LogP contribution in [0, 0.1) is 5.92 Å². The number of carbonyl (C=O) groups excluding carboxylic acids is 2. The van der Waals surface area contributed by atoms with E-state index in [-0.39, 0.29) is 18.6 Å². The molecule has 0 saturated heterocycles. The van der Waals surface area contributed by atoms with E-state index in [4.69, 9.17) is 4.74 Å². The molecule has 30 heavy (non-hydrogen) atoms. The molecule has 2 aromatic carbocycles. The highest BCUT2D eigenvalue weighted by Gasteiger charge is 2.21. The fourth-order valence-corrected chi connectivity index (χ4v) is 3.98. The number of nitrogens with zero attached hydrogens (tertiary/aromatic N) is 1. The molecule has 1 heterocycles. The minimum absolute atomic E-state index is 0.179. The molecule has 1 fully saturated rings. The lowest BCUT2D eigenvalue weighted by Crippen LogP contribution is -2.39. The summed E-state index contributed by atoms with van der Waals surface area (Å²) in [6, 6.07) is 19.1. The van der Waals surface area contributed by atoms with E-state index >= 15 is 0 Å². The van der Waals surface area contributed by atoms with Crippen molar-refractivity contribution in [3.63, 3.8) is 0 Å². The second kappa shape index (κ2) is 9.08. The summed E-state index contributed by atoms with van der Waals surface area (Å²) in [5.74, 6) is -0.0440. The number of fused-ring (bicyclic) bond motifs is 1. The molecule has 1 aliphatic rings. The van der Waals surface area contributed by atoms with Gasteiger partial charge in [-0.1, -0.05) is 55.5 Å². The van der Waals surface area contributed by atoms with Crippen LogP contribution in [0.2, 0.25) is 0 Å². The van der Waals surface area contributed by atoms with E-state index in [0.717, 1.165) is 37.2 Å². The van der Waals surface area contributed by atoms with Crippen LogP contribution in [-0.2, 0) is 9.53 Å². The monoisotopic (exact) mass is 402 g/mol. The summed E-state index contributed by atoms with van der Waals surface area (Å²) in [6.45, 7) is 1.96. The van der Waals surface area contributed by atoms with E-state index in [0.29, 0.717) is 22.2 Å². The predicted octanol–water partition coefficient (Wildman–Crippen LogP) is 4.75. The minimum atomic E-state index is -0.516.